The van der Waals surface area contributed by atoms with Gasteiger partial charge in [0.1, 0.15) is 12.4 Å². The Hall–Kier alpha value is -2.47. The number of para-hydroxylation sites is 2. The molecule has 6 heteroatoms. The Morgan fingerprint density at radius 1 is 1.20 bits per heavy atom. The van der Waals surface area contributed by atoms with Crippen LogP contribution in [0.2, 0.25) is 0 Å². The van der Waals surface area contributed by atoms with Gasteiger partial charge in [0, 0.05) is 12.2 Å². The van der Waals surface area contributed by atoms with Crippen LogP contribution in [0.4, 0.5) is 5.69 Å². The van der Waals surface area contributed by atoms with Crippen LogP contribution in [-0.4, -0.2) is 42.9 Å². The summed E-state index contributed by atoms with van der Waals surface area (Å²) in [4.78, 5) is 2.07. The lowest BCUT2D eigenvalue weighted by molar-refractivity contribution is 0.0754. The van der Waals surface area contributed by atoms with E-state index >= 15 is 0 Å². The van der Waals surface area contributed by atoms with Gasteiger partial charge in [-0.2, -0.15) is 0 Å². The number of ether oxygens (including phenoxy) is 3. The highest BCUT2D eigenvalue weighted by Gasteiger charge is 2.23. The second kappa shape index (κ2) is 8.07. The number of rotatable bonds is 5. The molecule has 3 rings (SSSR count). The summed E-state index contributed by atoms with van der Waals surface area (Å²) in [6, 6.07) is 15.4. The van der Waals surface area contributed by atoms with Gasteiger partial charge in [-0.25, -0.2) is 0 Å². The zero-order valence-electron chi connectivity index (χ0n) is 14.4. The van der Waals surface area contributed by atoms with Gasteiger partial charge in [0.2, 0.25) is 0 Å². The third kappa shape index (κ3) is 4.33. The van der Waals surface area contributed by atoms with E-state index in [-0.39, 0.29) is 6.10 Å². The summed E-state index contributed by atoms with van der Waals surface area (Å²) in [5.41, 5.74) is 0.926. The highest BCUT2D eigenvalue weighted by Crippen LogP contribution is 2.31. The molecule has 0 bridgehead atoms. The van der Waals surface area contributed by atoms with E-state index < -0.39 is 0 Å². The number of likely N-dealkylation sites (N-methyl/N-ethyl adjacent to an activating group) is 1. The minimum atomic E-state index is -0.0644. The molecule has 0 amide bonds. The van der Waals surface area contributed by atoms with Gasteiger partial charge in [0.25, 0.3) is 0 Å². The van der Waals surface area contributed by atoms with Crippen molar-refractivity contribution in [2.45, 2.75) is 13.0 Å². The first-order chi connectivity index (χ1) is 12.2. The van der Waals surface area contributed by atoms with E-state index in [9.17, 15) is 0 Å². The lowest BCUT2D eigenvalue weighted by Crippen LogP contribution is -2.45. The number of hydrogen-bond donors (Lipinski definition) is 1. The normalized spacial score (nSPS) is 15.4. The van der Waals surface area contributed by atoms with Crippen molar-refractivity contribution in [2.24, 2.45) is 0 Å². The number of anilines is 1. The second-order valence-electron chi connectivity index (χ2n) is 5.69. The molecule has 1 aliphatic rings. The number of nitrogens with one attached hydrogen (secondary N) is 1. The number of hydrogen-bond acceptors (Lipinski definition) is 4. The molecular weight excluding hydrogens is 336 g/mol. The zero-order chi connectivity index (χ0) is 17.6. The van der Waals surface area contributed by atoms with Crippen molar-refractivity contribution in [3.8, 4) is 17.2 Å². The molecule has 2 aromatic rings. The van der Waals surface area contributed by atoms with Gasteiger partial charge >= 0.3 is 0 Å². The third-order valence-corrected chi connectivity index (χ3v) is 4.36. The largest absolute Gasteiger partial charge is 0.497 e. The quantitative estimate of drug-likeness (QED) is 0.825. The predicted octanol–water partition coefficient (Wildman–Crippen LogP) is 3.55. The van der Waals surface area contributed by atoms with Crippen LogP contribution in [0.1, 0.15) is 6.92 Å². The topological polar surface area (TPSA) is 43.0 Å². The molecule has 0 unspecified atom stereocenters. The lowest BCUT2D eigenvalue weighted by Gasteiger charge is -2.32. The molecule has 132 valence electrons. The molecule has 1 N–H and O–H groups in total. The highest BCUT2D eigenvalue weighted by atomic mass is 32.1. The Kier molecular flexibility index (Phi) is 5.60. The SMILES string of the molecule is CCN(C[C@@H]1COc2ccccc2O1)C(=S)Nc1ccc(OC)cc1. The van der Waals surface area contributed by atoms with Crippen molar-refractivity contribution in [3.05, 3.63) is 48.5 Å². The average molecular weight is 358 g/mol. The van der Waals surface area contributed by atoms with E-state index in [1.165, 1.54) is 0 Å². The average Bonchev–Trinajstić information content (AvgIpc) is 2.66. The van der Waals surface area contributed by atoms with Gasteiger partial charge in [0.05, 0.1) is 13.7 Å². The third-order valence-electron chi connectivity index (χ3n) is 4.00. The van der Waals surface area contributed by atoms with Crippen molar-refractivity contribution in [1.29, 1.82) is 0 Å². The van der Waals surface area contributed by atoms with E-state index in [0.29, 0.717) is 18.3 Å². The molecule has 0 fully saturated rings. The molecule has 0 spiro atoms. The van der Waals surface area contributed by atoms with Crippen LogP contribution in [0, 0.1) is 0 Å². The van der Waals surface area contributed by atoms with E-state index in [1.54, 1.807) is 7.11 Å². The maximum Gasteiger partial charge on any atom is 0.173 e. The summed E-state index contributed by atoms with van der Waals surface area (Å²) in [5.74, 6) is 2.39. The van der Waals surface area contributed by atoms with E-state index in [0.717, 1.165) is 29.5 Å². The Bertz CT molecular complexity index is 721. The van der Waals surface area contributed by atoms with Crippen LogP contribution in [0.3, 0.4) is 0 Å². The molecule has 0 aromatic heterocycles. The fourth-order valence-electron chi connectivity index (χ4n) is 2.63. The summed E-state index contributed by atoms with van der Waals surface area (Å²) in [6.07, 6.45) is -0.0644. The van der Waals surface area contributed by atoms with Crippen LogP contribution in [0.25, 0.3) is 0 Å². The van der Waals surface area contributed by atoms with Crippen LogP contribution >= 0.6 is 12.2 Å². The van der Waals surface area contributed by atoms with Crippen molar-refractivity contribution in [3.63, 3.8) is 0 Å². The minimum Gasteiger partial charge on any atom is -0.497 e. The van der Waals surface area contributed by atoms with Crippen LogP contribution in [0.5, 0.6) is 17.2 Å². The molecule has 0 aliphatic carbocycles. The number of fused-ring (bicyclic) bond motifs is 1. The molecule has 1 aliphatic heterocycles. The molecule has 0 saturated carbocycles. The Morgan fingerprint density at radius 2 is 1.92 bits per heavy atom. The number of benzene rings is 2. The van der Waals surface area contributed by atoms with Gasteiger partial charge in [-0.15, -0.1) is 0 Å². The zero-order valence-corrected chi connectivity index (χ0v) is 15.2. The van der Waals surface area contributed by atoms with Crippen LogP contribution in [0.15, 0.2) is 48.5 Å². The van der Waals surface area contributed by atoms with Gasteiger partial charge in [-0.3, -0.25) is 0 Å². The Labute approximate surface area is 153 Å². The van der Waals surface area contributed by atoms with E-state index in [2.05, 4.69) is 17.1 Å². The van der Waals surface area contributed by atoms with Crippen molar-refractivity contribution in [1.82, 2.24) is 4.90 Å². The Balaban J connectivity index is 1.59. The summed E-state index contributed by atoms with van der Waals surface area (Å²) in [5, 5.41) is 3.92. The minimum absolute atomic E-state index is 0.0644. The highest BCUT2D eigenvalue weighted by molar-refractivity contribution is 7.80. The standard InChI is InChI=1S/C19H22N2O3S/c1-3-21(19(25)20-14-8-10-15(22-2)11-9-14)12-16-13-23-17-6-4-5-7-18(17)24-16/h4-11,16H,3,12-13H2,1-2H3,(H,20,25)/t16-/m1/s1. The summed E-state index contributed by atoms with van der Waals surface area (Å²) >= 11 is 5.55. The van der Waals surface area contributed by atoms with Crippen molar-refractivity contribution < 1.29 is 14.2 Å². The maximum absolute atomic E-state index is 6.02. The van der Waals surface area contributed by atoms with Crippen LogP contribution in [-0.2, 0) is 0 Å². The second-order valence-corrected chi connectivity index (χ2v) is 6.08. The summed E-state index contributed by atoms with van der Waals surface area (Å²) in [6.45, 7) is 4.02. The number of nitrogens with zero attached hydrogens (tertiary/aromatic N) is 1. The van der Waals surface area contributed by atoms with Gasteiger partial charge < -0.3 is 24.4 Å². The summed E-state index contributed by atoms with van der Waals surface area (Å²) < 4.78 is 17.0. The first-order valence-corrected chi connectivity index (χ1v) is 8.69. The van der Waals surface area contributed by atoms with Crippen LogP contribution < -0.4 is 19.5 Å². The lowest BCUT2D eigenvalue weighted by atomic mass is 10.2. The van der Waals surface area contributed by atoms with Gasteiger partial charge in [-0.05, 0) is 55.5 Å². The molecule has 1 atom stereocenters. The Morgan fingerprint density at radius 3 is 2.60 bits per heavy atom. The fraction of sp³-hybridized carbons (Fsp3) is 0.316. The fourth-order valence-corrected chi connectivity index (χ4v) is 2.95. The van der Waals surface area contributed by atoms with Gasteiger partial charge in [-0.1, -0.05) is 12.1 Å². The molecule has 1 heterocycles. The first-order valence-electron chi connectivity index (χ1n) is 8.28. The predicted molar refractivity (Wildman–Crippen MR) is 103 cm³/mol. The van der Waals surface area contributed by atoms with Crippen molar-refractivity contribution >= 4 is 23.0 Å². The number of methoxy groups -OCH3 is 1. The van der Waals surface area contributed by atoms with E-state index in [4.69, 9.17) is 26.4 Å². The summed E-state index contributed by atoms with van der Waals surface area (Å²) in [7, 11) is 1.65. The van der Waals surface area contributed by atoms with E-state index in [1.807, 2.05) is 48.5 Å². The maximum atomic E-state index is 6.02. The first kappa shape index (κ1) is 17.4. The van der Waals surface area contributed by atoms with Crippen molar-refractivity contribution in [2.75, 3.05) is 32.1 Å². The molecule has 0 radical (unpaired) electrons. The molecule has 0 saturated heterocycles. The van der Waals surface area contributed by atoms with Gasteiger partial charge in [0.15, 0.2) is 22.7 Å². The number of thiocarbonyl (C=S) groups is 1. The molecule has 5 nitrogen and oxygen atoms in total. The smallest absolute Gasteiger partial charge is 0.173 e. The molecule has 2 aromatic carbocycles. The molecular formula is C19H22N2O3S. The monoisotopic (exact) mass is 358 g/mol. The molecule has 25 heavy (non-hydrogen) atoms.